The average Bonchev–Trinajstić information content (AvgIpc) is 2.64. The molecule has 1 amide bonds. The molecule has 0 aliphatic heterocycles. The number of carboxylic acid groups (broad SMARTS) is 2. The van der Waals surface area contributed by atoms with E-state index in [1.54, 1.807) is 20.8 Å². The fourth-order valence-electron chi connectivity index (χ4n) is 1.86. The maximum Gasteiger partial charge on any atom is 0.490 e. The third-order valence-corrected chi connectivity index (χ3v) is 7.62. The summed E-state index contributed by atoms with van der Waals surface area (Å²) in [5.74, 6) is -3.00. The summed E-state index contributed by atoms with van der Waals surface area (Å²) in [6.45, 7) is 5.51. The molecule has 1 rings (SSSR count). The Morgan fingerprint density at radius 2 is 1.59 bits per heavy atom. The quantitative estimate of drug-likeness (QED) is 0.245. The minimum Gasteiger partial charge on any atom is -0.481 e. The van der Waals surface area contributed by atoms with Crippen molar-refractivity contribution in [1.29, 1.82) is 0 Å². The van der Waals surface area contributed by atoms with E-state index in [9.17, 15) is 31.2 Å². The number of benzene rings is 1. The highest BCUT2D eigenvalue weighted by Gasteiger charge is 2.38. The first-order valence-electron chi connectivity index (χ1n) is 9.25. The Morgan fingerprint density at radius 1 is 1.06 bits per heavy atom. The first kappa shape index (κ1) is 32.3. The lowest BCUT2D eigenvalue weighted by Gasteiger charge is -2.20. The summed E-state index contributed by atoms with van der Waals surface area (Å²) < 4.78 is 59.1. The molecule has 1 aromatic rings. The number of amides is 1. The minimum absolute atomic E-state index is 0.0365. The number of carbonyl (C=O) groups is 3. The maximum absolute atomic E-state index is 12.4. The zero-order valence-electron chi connectivity index (χ0n) is 18.2. The van der Waals surface area contributed by atoms with Gasteiger partial charge in [0, 0.05) is 23.6 Å². The summed E-state index contributed by atoms with van der Waals surface area (Å²) in [5.41, 5.74) is -0.576. The molecule has 194 valence electrons. The second-order valence-electron chi connectivity index (χ2n) is 7.34. The molecule has 0 unspecified atom stereocenters. The van der Waals surface area contributed by atoms with Crippen LogP contribution >= 0.6 is 33.2 Å². The lowest BCUT2D eigenvalue weighted by atomic mass is 10.1. The summed E-state index contributed by atoms with van der Waals surface area (Å²) >= 11 is 6.04. The summed E-state index contributed by atoms with van der Waals surface area (Å²) in [4.78, 5) is 31.6. The van der Waals surface area contributed by atoms with Gasteiger partial charge in [-0.1, -0.05) is 33.2 Å². The lowest BCUT2D eigenvalue weighted by Crippen LogP contribution is -2.40. The molecule has 0 heterocycles. The lowest BCUT2D eigenvalue weighted by molar-refractivity contribution is -0.192. The predicted octanol–water partition coefficient (Wildman–Crippen LogP) is 3.64. The summed E-state index contributed by atoms with van der Waals surface area (Å²) in [5, 5.41) is 18.5. The van der Waals surface area contributed by atoms with Gasteiger partial charge in [0.05, 0.1) is 21.9 Å². The van der Waals surface area contributed by atoms with Gasteiger partial charge in [-0.05, 0) is 39.0 Å². The first-order valence-corrected chi connectivity index (χ1v) is 13.6. The third kappa shape index (κ3) is 13.9. The Kier molecular flexibility index (Phi) is 13.3. The van der Waals surface area contributed by atoms with Crippen molar-refractivity contribution in [3.63, 3.8) is 0 Å². The van der Waals surface area contributed by atoms with Gasteiger partial charge in [0.15, 0.2) is 0 Å². The molecule has 4 N–H and O–H groups in total. The Hall–Kier alpha value is -1.68. The molecule has 34 heavy (non-hydrogen) atoms. The highest BCUT2D eigenvalue weighted by molar-refractivity contribution is 8.76. The van der Waals surface area contributed by atoms with E-state index in [1.165, 1.54) is 39.8 Å². The van der Waals surface area contributed by atoms with Crippen LogP contribution in [0.5, 0.6) is 0 Å². The molecule has 0 bridgehead atoms. The van der Waals surface area contributed by atoms with Crippen LogP contribution in [-0.2, 0) is 19.6 Å². The van der Waals surface area contributed by atoms with Crippen LogP contribution in [-0.4, -0.2) is 66.2 Å². The fraction of sp³-hybridized carbons (Fsp3) is 0.500. The third-order valence-electron chi connectivity index (χ3n) is 3.13. The molecular weight excluding hydrogens is 545 g/mol. The number of rotatable bonds is 10. The van der Waals surface area contributed by atoms with E-state index in [0.29, 0.717) is 18.1 Å². The molecule has 0 saturated heterocycles. The number of hydrogen-bond acceptors (Lipinski definition) is 7. The van der Waals surface area contributed by atoms with Gasteiger partial charge < -0.3 is 15.5 Å². The zero-order chi connectivity index (χ0) is 26.7. The molecule has 0 radical (unpaired) electrons. The maximum atomic E-state index is 12.4. The highest BCUT2D eigenvalue weighted by atomic mass is 35.5. The van der Waals surface area contributed by atoms with Gasteiger partial charge in [-0.3, -0.25) is 9.59 Å². The Morgan fingerprint density at radius 3 is 2.06 bits per heavy atom. The summed E-state index contributed by atoms with van der Waals surface area (Å²) in [7, 11) is -0.913. The number of sulfonamides is 1. The van der Waals surface area contributed by atoms with Crippen molar-refractivity contribution in [1.82, 2.24) is 10.0 Å². The monoisotopic (exact) mass is 568 g/mol. The van der Waals surface area contributed by atoms with Crippen LogP contribution in [0.25, 0.3) is 0 Å². The Balaban J connectivity index is 0.00000135. The van der Waals surface area contributed by atoms with Crippen LogP contribution in [0.2, 0.25) is 5.02 Å². The van der Waals surface area contributed by atoms with Gasteiger partial charge in [-0.25, -0.2) is 17.9 Å². The van der Waals surface area contributed by atoms with E-state index in [0.717, 1.165) is 0 Å². The average molecular weight is 569 g/mol. The number of hydrogen-bond donors (Lipinski definition) is 4. The van der Waals surface area contributed by atoms with Gasteiger partial charge in [0.1, 0.15) is 0 Å². The molecule has 16 heteroatoms. The number of halogens is 4. The molecule has 9 nitrogen and oxygen atoms in total. The van der Waals surface area contributed by atoms with E-state index in [2.05, 4.69) is 10.0 Å². The molecule has 0 spiro atoms. The topological polar surface area (TPSA) is 150 Å². The molecule has 1 aromatic carbocycles. The summed E-state index contributed by atoms with van der Waals surface area (Å²) in [6.07, 6.45) is -5.00. The minimum atomic E-state index is -5.08. The van der Waals surface area contributed by atoms with Crippen molar-refractivity contribution >= 4 is 61.1 Å². The number of aliphatic carboxylic acids is 2. The van der Waals surface area contributed by atoms with E-state index in [-0.39, 0.29) is 21.9 Å². The Bertz CT molecular complexity index is 969. The largest absolute Gasteiger partial charge is 0.490 e. The van der Waals surface area contributed by atoms with Gasteiger partial charge in [-0.15, -0.1) is 0 Å². The zero-order valence-corrected chi connectivity index (χ0v) is 21.4. The van der Waals surface area contributed by atoms with Crippen LogP contribution < -0.4 is 10.0 Å². The van der Waals surface area contributed by atoms with Gasteiger partial charge in [0.2, 0.25) is 10.0 Å². The molecular formula is C18H24ClF3N2O7S3. The van der Waals surface area contributed by atoms with Crippen LogP contribution in [0.15, 0.2) is 23.1 Å². The van der Waals surface area contributed by atoms with Crippen molar-refractivity contribution in [2.75, 3.05) is 18.1 Å². The second kappa shape index (κ2) is 14.0. The molecule has 0 aliphatic carbocycles. The van der Waals surface area contributed by atoms with Gasteiger partial charge in [-0.2, -0.15) is 13.2 Å². The van der Waals surface area contributed by atoms with E-state index >= 15 is 0 Å². The van der Waals surface area contributed by atoms with E-state index in [1.807, 2.05) is 0 Å². The molecule has 0 atom stereocenters. The fourth-order valence-corrected chi connectivity index (χ4v) is 5.39. The summed E-state index contributed by atoms with van der Waals surface area (Å²) in [6, 6.07) is 3.98. The smallest absolute Gasteiger partial charge is 0.481 e. The molecule has 0 saturated carbocycles. The van der Waals surface area contributed by atoms with Crippen LogP contribution in [0, 0.1) is 0 Å². The van der Waals surface area contributed by atoms with Crippen molar-refractivity contribution in [2.24, 2.45) is 0 Å². The molecule has 0 fully saturated rings. The first-order chi connectivity index (χ1) is 15.4. The van der Waals surface area contributed by atoms with Crippen molar-refractivity contribution in [3.05, 3.63) is 28.8 Å². The SMILES string of the molecule is CC(C)(C)NS(=O)(=O)c1ccc(Cl)c(C(=O)NCCSSCCC(=O)O)c1.O=C(O)C(F)(F)F. The number of alkyl halides is 3. The predicted molar refractivity (Wildman–Crippen MR) is 125 cm³/mol. The number of nitrogens with one attached hydrogen (secondary N) is 2. The van der Waals surface area contributed by atoms with E-state index < -0.39 is 39.6 Å². The van der Waals surface area contributed by atoms with Gasteiger partial charge >= 0.3 is 18.1 Å². The van der Waals surface area contributed by atoms with Crippen molar-refractivity contribution in [3.8, 4) is 0 Å². The normalized spacial score (nSPS) is 11.9. The van der Waals surface area contributed by atoms with E-state index in [4.69, 9.17) is 26.6 Å². The Labute approximate surface area is 207 Å². The second-order valence-corrected chi connectivity index (χ2v) is 12.1. The number of carbonyl (C=O) groups excluding carboxylic acids is 1. The van der Waals surface area contributed by atoms with Crippen LogP contribution in [0.4, 0.5) is 13.2 Å². The van der Waals surface area contributed by atoms with Crippen LogP contribution in [0.1, 0.15) is 37.6 Å². The van der Waals surface area contributed by atoms with Crippen LogP contribution in [0.3, 0.4) is 0 Å². The highest BCUT2D eigenvalue weighted by Crippen LogP contribution is 2.23. The standard InChI is InChI=1S/C16H23ClN2O5S3.C2HF3O2/c1-16(2,3)19-27(23,24)11-4-5-13(17)12(10-11)15(22)18-7-9-26-25-8-6-14(20)21;3-2(4,5)1(6)7/h4-5,10,19H,6-9H2,1-3H3,(H,18,22)(H,20,21);(H,6,7). The van der Waals surface area contributed by atoms with Crippen molar-refractivity contribution < 1.29 is 46.2 Å². The molecule has 0 aliphatic rings. The number of carboxylic acids is 2. The molecule has 0 aromatic heterocycles. The van der Waals surface area contributed by atoms with Gasteiger partial charge in [0.25, 0.3) is 5.91 Å². The van der Waals surface area contributed by atoms with Crippen molar-refractivity contribution in [2.45, 2.75) is 43.8 Å².